The van der Waals surface area contributed by atoms with E-state index in [1.54, 1.807) is 0 Å². The lowest BCUT2D eigenvalue weighted by atomic mass is 10.1. The van der Waals surface area contributed by atoms with Gasteiger partial charge in [-0.3, -0.25) is 0 Å². The Hall–Kier alpha value is -1.59. The molecule has 15 heavy (non-hydrogen) atoms. The van der Waals surface area contributed by atoms with Crippen molar-refractivity contribution in [2.24, 2.45) is 5.73 Å². The Bertz CT molecular complexity index is 515. The Labute approximate surface area is 85.9 Å². The van der Waals surface area contributed by atoms with Gasteiger partial charge in [-0.25, -0.2) is 4.79 Å². The zero-order chi connectivity index (χ0) is 10.8. The zero-order valence-electron chi connectivity index (χ0n) is 8.16. The zero-order valence-corrected chi connectivity index (χ0v) is 8.16. The van der Waals surface area contributed by atoms with Crippen LogP contribution in [0.4, 0.5) is 0 Å². The molecule has 1 aromatic heterocycles. The summed E-state index contributed by atoms with van der Waals surface area (Å²) in [6.07, 6.45) is 0.597. The molecule has 0 radical (unpaired) electrons. The standard InChI is InChI=1S/C10H13N3O2/c11-7(5-14)3-6-1-2-8-9(4-6)13-10(15)12-8/h1-2,4,7,14H,3,5,11H2,(H2,12,13,15). The summed E-state index contributed by atoms with van der Waals surface area (Å²) in [6, 6.07) is 5.32. The summed E-state index contributed by atoms with van der Waals surface area (Å²) in [5.41, 5.74) is 7.95. The molecule has 1 atom stereocenters. The Kier molecular flexibility index (Phi) is 2.57. The average molecular weight is 207 g/mol. The van der Waals surface area contributed by atoms with Crippen molar-refractivity contribution < 1.29 is 5.11 Å². The first-order valence-corrected chi connectivity index (χ1v) is 4.76. The fourth-order valence-electron chi connectivity index (χ4n) is 1.57. The van der Waals surface area contributed by atoms with E-state index < -0.39 is 0 Å². The summed E-state index contributed by atoms with van der Waals surface area (Å²) < 4.78 is 0. The fourth-order valence-corrected chi connectivity index (χ4v) is 1.57. The van der Waals surface area contributed by atoms with Gasteiger partial charge in [0.15, 0.2) is 0 Å². The molecule has 0 spiro atoms. The quantitative estimate of drug-likeness (QED) is 0.557. The number of H-pyrrole nitrogens is 2. The maximum Gasteiger partial charge on any atom is 0.323 e. The number of nitrogens with two attached hydrogens (primary N) is 1. The molecule has 1 aromatic carbocycles. The van der Waals surface area contributed by atoms with Gasteiger partial charge in [0.05, 0.1) is 17.6 Å². The Morgan fingerprint density at radius 2 is 2.07 bits per heavy atom. The van der Waals surface area contributed by atoms with Gasteiger partial charge < -0.3 is 20.8 Å². The first kappa shape index (κ1) is 9.95. The van der Waals surface area contributed by atoms with Crippen molar-refractivity contribution in [1.82, 2.24) is 9.97 Å². The Balaban J connectivity index is 2.34. The molecule has 1 heterocycles. The summed E-state index contributed by atoms with van der Waals surface area (Å²) in [6.45, 7) is -0.0400. The van der Waals surface area contributed by atoms with Gasteiger partial charge >= 0.3 is 5.69 Å². The SMILES string of the molecule is NC(CO)Cc1ccc2[nH]c(=O)[nH]c2c1. The molecule has 1 unspecified atom stereocenters. The molecule has 5 heteroatoms. The molecule has 2 rings (SSSR count). The minimum Gasteiger partial charge on any atom is -0.395 e. The molecule has 5 N–H and O–H groups in total. The van der Waals surface area contributed by atoms with Gasteiger partial charge in [0.25, 0.3) is 0 Å². The van der Waals surface area contributed by atoms with Gasteiger partial charge in [-0.2, -0.15) is 0 Å². The molecule has 0 saturated heterocycles. The van der Waals surface area contributed by atoms with Gasteiger partial charge in [0, 0.05) is 6.04 Å². The summed E-state index contributed by atoms with van der Waals surface area (Å²) in [4.78, 5) is 16.3. The molecule has 0 amide bonds. The van der Waals surface area contributed by atoms with Crippen LogP contribution in [0, 0.1) is 0 Å². The first-order valence-electron chi connectivity index (χ1n) is 4.76. The van der Waals surface area contributed by atoms with Crippen LogP contribution in [0.1, 0.15) is 5.56 Å². The summed E-state index contributed by atoms with van der Waals surface area (Å²) in [5, 5.41) is 8.82. The number of aromatic nitrogens is 2. The number of benzene rings is 1. The number of hydrogen-bond donors (Lipinski definition) is 4. The van der Waals surface area contributed by atoms with Crippen LogP contribution in [0.25, 0.3) is 11.0 Å². The van der Waals surface area contributed by atoms with E-state index in [1.807, 2.05) is 18.2 Å². The van der Waals surface area contributed by atoms with E-state index in [-0.39, 0.29) is 18.3 Å². The number of nitrogens with one attached hydrogen (secondary N) is 2. The normalized spacial score (nSPS) is 13.2. The molecular weight excluding hydrogens is 194 g/mol. The van der Waals surface area contributed by atoms with Gasteiger partial charge in [0.1, 0.15) is 0 Å². The molecule has 5 nitrogen and oxygen atoms in total. The van der Waals surface area contributed by atoms with Crippen LogP contribution in [0.2, 0.25) is 0 Å². The summed E-state index contributed by atoms with van der Waals surface area (Å²) in [7, 11) is 0. The van der Waals surface area contributed by atoms with E-state index in [9.17, 15) is 4.79 Å². The van der Waals surface area contributed by atoms with Crippen LogP contribution >= 0.6 is 0 Å². The second-order valence-corrected chi connectivity index (χ2v) is 3.61. The van der Waals surface area contributed by atoms with E-state index >= 15 is 0 Å². The number of fused-ring (bicyclic) bond motifs is 1. The summed E-state index contributed by atoms with van der Waals surface area (Å²) >= 11 is 0. The van der Waals surface area contributed by atoms with Crippen molar-refractivity contribution in [2.45, 2.75) is 12.5 Å². The molecular formula is C10H13N3O2. The van der Waals surface area contributed by atoms with Crippen molar-refractivity contribution in [3.8, 4) is 0 Å². The number of rotatable bonds is 3. The lowest BCUT2D eigenvalue weighted by Gasteiger charge is -2.07. The van der Waals surface area contributed by atoms with Crippen LogP contribution in [-0.4, -0.2) is 27.7 Å². The highest BCUT2D eigenvalue weighted by atomic mass is 16.3. The molecule has 0 aliphatic rings. The lowest BCUT2D eigenvalue weighted by Crippen LogP contribution is -2.26. The lowest BCUT2D eigenvalue weighted by molar-refractivity contribution is 0.265. The molecule has 0 aliphatic carbocycles. The number of hydrogen-bond acceptors (Lipinski definition) is 3. The number of aliphatic hydroxyl groups excluding tert-OH is 1. The van der Waals surface area contributed by atoms with Gasteiger partial charge in [-0.1, -0.05) is 6.07 Å². The third-order valence-corrected chi connectivity index (χ3v) is 2.31. The number of imidazole rings is 1. The van der Waals surface area contributed by atoms with Crippen LogP contribution in [-0.2, 0) is 6.42 Å². The van der Waals surface area contributed by atoms with E-state index in [0.717, 1.165) is 16.6 Å². The second-order valence-electron chi connectivity index (χ2n) is 3.61. The second kappa shape index (κ2) is 3.88. The van der Waals surface area contributed by atoms with Crippen molar-refractivity contribution in [2.75, 3.05) is 6.61 Å². The first-order chi connectivity index (χ1) is 7.19. The molecule has 0 fully saturated rings. The molecule has 80 valence electrons. The molecule has 0 bridgehead atoms. The molecule has 0 saturated carbocycles. The summed E-state index contributed by atoms with van der Waals surface area (Å²) in [5.74, 6) is 0. The smallest absolute Gasteiger partial charge is 0.323 e. The van der Waals surface area contributed by atoms with Crippen LogP contribution < -0.4 is 11.4 Å². The molecule has 2 aromatic rings. The fraction of sp³-hybridized carbons (Fsp3) is 0.300. The van der Waals surface area contributed by atoms with Crippen LogP contribution in [0.15, 0.2) is 23.0 Å². The van der Waals surface area contributed by atoms with E-state index in [1.165, 1.54) is 0 Å². The predicted octanol–water partition coefficient (Wildman–Crippen LogP) is -0.282. The molecule has 0 aliphatic heterocycles. The van der Waals surface area contributed by atoms with Crippen molar-refractivity contribution in [1.29, 1.82) is 0 Å². The predicted molar refractivity (Wildman–Crippen MR) is 57.7 cm³/mol. The minimum absolute atomic E-state index is 0.0400. The monoisotopic (exact) mass is 207 g/mol. The van der Waals surface area contributed by atoms with E-state index in [2.05, 4.69) is 9.97 Å². The minimum atomic E-state index is -0.256. The van der Waals surface area contributed by atoms with Crippen molar-refractivity contribution >= 4 is 11.0 Å². The van der Waals surface area contributed by atoms with E-state index in [4.69, 9.17) is 10.8 Å². The number of aliphatic hydroxyl groups is 1. The maximum absolute atomic E-state index is 11.0. The maximum atomic E-state index is 11.0. The Morgan fingerprint density at radius 3 is 2.80 bits per heavy atom. The van der Waals surface area contributed by atoms with Crippen molar-refractivity contribution in [3.05, 3.63) is 34.2 Å². The highest BCUT2D eigenvalue weighted by Gasteiger charge is 2.04. The number of aromatic amines is 2. The van der Waals surface area contributed by atoms with Gasteiger partial charge in [-0.15, -0.1) is 0 Å². The van der Waals surface area contributed by atoms with Gasteiger partial charge in [0.2, 0.25) is 0 Å². The third-order valence-electron chi connectivity index (χ3n) is 2.31. The average Bonchev–Trinajstić information content (AvgIpc) is 2.57. The third kappa shape index (κ3) is 2.08. The van der Waals surface area contributed by atoms with Crippen LogP contribution in [0.5, 0.6) is 0 Å². The highest BCUT2D eigenvalue weighted by molar-refractivity contribution is 5.75. The van der Waals surface area contributed by atoms with E-state index in [0.29, 0.717) is 6.42 Å². The Morgan fingerprint density at radius 1 is 1.33 bits per heavy atom. The highest BCUT2D eigenvalue weighted by Crippen LogP contribution is 2.11. The van der Waals surface area contributed by atoms with Crippen LogP contribution in [0.3, 0.4) is 0 Å². The topological polar surface area (TPSA) is 94.9 Å². The van der Waals surface area contributed by atoms with Gasteiger partial charge in [-0.05, 0) is 24.1 Å². The van der Waals surface area contributed by atoms with Crippen molar-refractivity contribution in [3.63, 3.8) is 0 Å². The largest absolute Gasteiger partial charge is 0.395 e.